The summed E-state index contributed by atoms with van der Waals surface area (Å²) < 4.78 is 5.94. The lowest BCUT2D eigenvalue weighted by atomic mass is 10.1. The van der Waals surface area contributed by atoms with Crippen LogP contribution in [0.25, 0.3) is 0 Å². The van der Waals surface area contributed by atoms with Crippen LogP contribution in [0.1, 0.15) is 29.8 Å². The van der Waals surface area contributed by atoms with E-state index in [1.54, 1.807) is 0 Å². The van der Waals surface area contributed by atoms with Crippen LogP contribution in [-0.2, 0) is 0 Å². The molecule has 1 amide bonds. The van der Waals surface area contributed by atoms with E-state index >= 15 is 0 Å². The Morgan fingerprint density at radius 2 is 1.60 bits per heavy atom. The summed E-state index contributed by atoms with van der Waals surface area (Å²) in [5, 5.41) is 0. The van der Waals surface area contributed by atoms with Crippen molar-refractivity contribution in [3.8, 4) is 5.75 Å². The molecule has 0 saturated carbocycles. The molecule has 0 radical (unpaired) electrons. The Morgan fingerprint density at radius 1 is 0.960 bits per heavy atom. The van der Waals surface area contributed by atoms with E-state index in [-0.39, 0.29) is 12.0 Å². The van der Waals surface area contributed by atoms with Gasteiger partial charge in [0.25, 0.3) is 5.91 Å². The standard InChI is InChI=1S/C21H26N2O2/c1-16(2)25-20-11-7-6-10-19(20)22-12-14-23(15-13-22)21(24)18-9-5-4-8-17(18)3/h4-11,16H,12-15H2,1-3H3. The number of hydrogen-bond acceptors (Lipinski definition) is 3. The average Bonchev–Trinajstić information content (AvgIpc) is 2.62. The fourth-order valence-corrected chi connectivity index (χ4v) is 3.21. The van der Waals surface area contributed by atoms with Crippen molar-refractivity contribution in [2.45, 2.75) is 26.9 Å². The summed E-state index contributed by atoms with van der Waals surface area (Å²) in [5.74, 6) is 1.04. The van der Waals surface area contributed by atoms with Crippen LogP contribution in [0.15, 0.2) is 48.5 Å². The van der Waals surface area contributed by atoms with E-state index in [9.17, 15) is 4.79 Å². The molecule has 25 heavy (non-hydrogen) atoms. The third-order valence-corrected chi connectivity index (χ3v) is 4.51. The summed E-state index contributed by atoms with van der Waals surface area (Å²) in [7, 11) is 0. The average molecular weight is 338 g/mol. The zero-order chi connectivity index (χ0) is 17.8. The van der Waals surface area contributed by atoms with Crippen LogP contribution < -0.4 is 9.64 Å². The highest BCUT2D eigenvalue weighted by Crippen LogP contribution is 2.29. The Balaban J connectivity index is 1.68. The number of ether oxygens (including phenoxy) is 1. The first-order chi connectivity index (χ1) is 12.1. The van der Waals surface area contributed by atoms with E-state index in [1.165, 1.54) is 0 Å². The van der Waals surface area contributed by atoms with Crippen molar-refractivity contribution in [1.29, 1.82) is 0 Å². The lowest BCUT2D eigenvalue weighted by Crippen LogP contribution is -2.49. The monoisotopic (exact) mass is 338 g/mol. The molecule has 1 aliphatic rings. The molecule has 0 atom stereocenters. The number of rotatable bonds is 4. The zero-order valence-corrected chi connectivity index (χ0v) is 15.2. The van der Waals surface area contributed by atoms with E-state index in [2.05, 4.69) is 11.0 Å². The number of anilines is 1. The SMILES string of the molecule is Cc1ccccc1C(=O)N1CCN(c2ccccc2OC(C)C)CC1. The fraction of sp³-hybridized carbons (Fsp3) is 0.381. The molecule has 1 heterocycles. The van der Waals surface area contributed by atoms with Gasteiger partial charge in [0.05, 0.1) is 11.8 Å². The second-order valence-corrected chi connectivity index (χ2v) is 6.73. The van der Waals surface area contributed by atoms with E-state index in [0.717, 1.165) is 48.7 Å². The van der Waals surface area contributed by atoms with Gasteiger partial charge in [-0.05, 0) is 44.5 Å². The van der Waals surface area contributed by atoms with Crippen LogP contribution in [0.3, 0.4) is 0 Å². The zero-order valence-electron chi connectivity index (χ0n) is 15.2. The molecule has 1 aliphatic heterocycles. The van der Waals surface area contributed by atoms with Crippen molar-refractivity contribution in [3.05, 3.63) is 59.7 Å². The van der Waals surface area contributed by atoms with Crippen LogP contribution >= 0.6 is 0 Å². The van der Waals surface area contributed by atoms with E-state index in [1.807, 2.05) is 68.1 Å². The quantitative estimate of drug-likeness (QED) is 0.851. The van der Waals surface area contributed by atoms with Gasteiger partial charge < -0.3 is 14.5 Å². The van der Waals surface area contributed by atoms with Crippen molar-refractivity contribution in [3.63, 3.8) is 0 Å². The smallest absolute Gasteiger partial charge is 0.254 e. The number of amides is 1. The number of aryl methyl sites for hydroxylation is 1. The third-order valence-electron chi connectivity index (χ3n) is 4.51. The molecule has 3 rings (SSSR count). The molecule has 0 aromatic heterocycles. The highest BCUT2D eigenvalue weighted by molar-refractivity contribution is 5.95. The number of piperazine rings is 1. The molecule has 0 spiro atoms. The van der Waals surface area contributed by atoms with E-state index in [4.69, 9.17) is 4.74 Å². The van der Waals surface area contributed by atoms with Gasteiger partial charge >= 0.3 is 0 Å². The van der Waals surface area contributed by atoms with Crippen molar-refractivity contribution >= 4 is 11.6 Å². The van der Waals surface area contributed by atoms with E-state index in [0.29, 0.717) is 0 Å². The predicted molar refractivity (Wildman–Crippen MR) is 102 cm³/mol. The summed E-state index contributed by atoms with van der Waals surface area (Å²) >= 11 is 0. The second kappa shape index (κ2) is 7.60. The van der Waals surface area contributed by atoms with Gasteiger partial charge in [0.1, 0.15) is 5.75 Å². The van der Waals surface area contributed by atoms with Crippen molar-refractivity contribution in [2.24, 2.45) is 0 Å². The molecular formula is C21H26N2O2. The first-order valence-electron chi connectivity index (χ1n) is 8.92. The topological polar surface area (TPSA) is 32.8 Å². The molecule has 4 nitrogen and oxygen atoms in total. The predicted octanol–water partition coefficient (Wildman–Crippen LogP) is 3.74. The maximum Gasteiger partial charge on any atom is 0.254 e. The Bertz CT molecular complexity index is 734. The minimum Gasteiger partial charge on any atom is -0.489 e. The fourth-order valence-electron chi connectivity index (χ4n) is 3.21. The van der Waals surface area contributed by atoms with Gasteiger partial charge in [-0.3, -0.25) is 4.79 Å². The third kappa shape index (κ3) is 3.95. The highest BCUT2D eigenvalue weighted by atomic mass is 16.5. The molecule has 0 aliphatic carbocycles. The molecule has 1 saturated heterocycles. The summed E-state index contributed by atoms with van der Waals surface area (Å²) in [6, 6.07) is 15.9. The molecule has 2 aromatic rings. The van der Waals surface area contributed by atoms with Crippen molar-refractivity contribution in [1.82, 2.24) is 4.90 Å². The Kier molecular flexibility index (Phi) is 5.27. The summed E-state index contributed by atoms with van der Waals surface area (Å²) in [6.07, 6.45) is 0.144. The molecule has 1 fully saturated rings. The molecule has 0 unspecified atom stereocenters. The lowest BCUT2D eigenvalue weighted by molar-refractivity contribution is 0.0746. The van der Waals surface area contributed by atoms with Crippen LogP contribution in [0, 0.1) is 6.92 Å². The maximum absolute atomic E-state index is 12.8. The van der Waals surface area contributed by atoms with Crippen LogP contribution in [-0.4, -0.2) is 43.1 Å². The number of para-hydroxylation sites is 2. The highest BCUT2D eigenvalue weighted by Gasteiger charge is 2.24. The normalized spacial score (nSPS) is 14.7. The van der Waals surface area contributed by atoms with Gasteiger partial charge in [0.15, 0.2) is 0 Å². The minimum atomic E-state index is 0.129. The summed E-state index contributed by atoms with van der Waals surface area (Å²) in [6.45, 7) is 9.15. The first-order valence-corrected chi connectivity index (χ1v) is 8.92. The number of benzene rings is 2. The summed E-state index contributed by atoms with van der Waals surface area (Å²) in [4.78, 5) is 17.0. The van der Waals surface area contributed by atoms with Gasteiger partial charge in [0.2, 0.25) is 0 Å². The minimum absolute atomic E-state index is 0.129. The van der Waals surface area contributed by atoms with Crippen LogP contribution in [0.5, 0.6) is 5.75 Å². The van der Waals surface area contributed by atoms with Gasteiger partial charge in [-0.25, -0.2) is 0 Å². The lowest BCUT2D eigenvalue weighted by Gasteiger charge is -2.37. The number of carbonyl (C=O) groups excluding carboxylic acids is 1. The van der Waals surface area contributed by atoms with Gasteiger partial charge in [-0.15, -0.1) is 0 Å². The van der Waals surface area contributed by atoms with E-state index < -0.39 is 0 Å². The Labute approximate surface area is 150 Å². The largest absolute Gasteiger partial charge is 0.489 e. The maximum atomic E-state index is 12.8. The molecule has 2 aromatic carbocycles. The number of hydrogen-bond donors (Lipinski definition) is 0. The Hall–Kier alpha value is -2.49. The number of carbonyl (C=O) groups is 1. The van der Waals surface area contributed by atoms with Crippen LogP contribution in [0.4, 0.5) is 5.69 Å². The molecule has 132 valence electrons. The van der Waals surface area contributed by atoms with Gasteiger partial charge in [-0.2, -0.15) is 0 Å². The first kappa shape index (κ1) is 17.3. The van der Waals surface area contributed by atoms with Crippen molar-refractivity contribution in [2.75, 3.05) is 31.1 Å². The van der Waals surface area contributed by atoms with Gasteiger partial charge in [0, 0.05) is 31.7 Å². The molecular weight excluding hydrogens is 312 g/mol. The Morgan fingerprint density at radius 3 is 2.28 bits per heavy atom. The summed E-state index contributed by atoms with van der Waals surface area (Å²) in [5.41, 5.74) is 2.95. The van der Waals surface area contributed by atoms with Crippen molar-refractivity contribution < 1.29 is 9.53 Å². The van der Waals surface area contributed by atoms with Gasteiger partial charge in [-0.1, -0.05) is 30.3 Å². The second-order valence-electron chi connectivity index (χ2n) is 6.73. The molecule has 0 N–H and O–H groups in total. The molecule has 0 bridgehead atoms. The number of nitrogens with zero attached hydrogens (tertiary/aromatic N) is 2. The van der Waals surface area contributed by atoms with Crippen LogP contribution in [0.2, 0.25) is 0 Å². The molecule has 4 heteroatoms.